The Morgan fingerprint density at radius 2 is 2.15 bits per heavy atom. The fourth-order valence-corrected chi connectivity index (χ4v) is 2.76. The van der Waals surface area contributed by atoms with Gasteiger partial charge in [0.05, 0.1) is 4.92 Å². The van der Waals surface area contributed by atoms with Gasteiger partial charge in [-0.05, 0) is 31.8 Å². The number of rotatable bonds is 4. The molecular weight excluding hydrogens is 278 g/mol. The third-order valence-corrected chi connectivity index (χ3v) is 4.21. The maximum atomic E-state index is 11.1. The van der Waals surface area contributed by atoms with Crippen LogP contribution in [0.2, 0.25) is 0 Å². The molecular formula is C14H22ClN3O2. The van der Waals surface area contributed by atoms with Crippen molar-refractivity contribution in [2.24, 2.45) is 11.1 Å². The number of benzene rings is 1. The van der Waals surface area contributed by atoms with Crippen LogP contribution in [0.4, 0.5) is 5.69 Å². The first-order chi connectivity index (χ1) is 8.97. The summed E-state index contributed by atoms with van der Waals surface area (Å²) in [5, 5.41) is 11.1. The van der Waals surface area contributed by atoms with Crippen molar-refractivity contribution in [2.75, 3.05) is 19.6 Å². The fourth-order valence-electron chi connectivity index (χ4n) is 2.76. The van der Waals surface area contributed by atoms with Gasteiger partial charge in [-0.1, -0.05) is 25.1 Å². The molecule has 1 fully saturated rings. The molecule has 2 N–H and O–H groups in total. The summed E-state index contributed by atoms with van der Waals surface area (Å²) in [4.78, 5) is 13.1. The summed E-state index contributed by atoms with van der Waals surface area (Å²) in [5.41, 5.74) is 6.94. The Bertz CT molecular complexity index is 483. The van der Waals surface area contributed by atoms with Crippen LogP contribution in [0, 0.1) is 15.5 Å². The van der Waals surface area contributed by atoms with Crippen LogP contribution in [0.15, 0.2) is 24.3 Å². The van der Waals surface area contributed by atoms with E-state index in [1.54, 1.807) is 12.1 Å². The van der Waals surface area contributed by atoms with Crippen LogP contribution >= 0.6 is 12.4 Å². The molecule has 1 aromatic rings. The highest BCUT2D eigenvalue weighted by molar-refractivity contribution is 5.85. The Morgan fingerprint density at radius 1 is 1.50 bits per heavy atom. The van der Waals surface area contributed by atoms with Crippen LogP contribution in [-0.4, -0.2) is 29.5 Å². The van der Waals surface area contributed by atoms with Crippen LogP contribution in [-0.2, 0) is 0 Å². The van der Waals surface area contributed by atoms with Crippen LogP contribution in [0.25, 0.3) is 0 Å². The van der Waals surface area contributed by atoms with E-state index in [0.29, 0.717) is 6.54 Å². The number of halogens is 1. The Labute approximate surface area is 125 Å². The first kappa shape index (κ1) is 16.9. The third-order valence-electron chi connectivity index (χ3n) is 4.21. The molecule has 2 atom stereocenters. The molecule has 6 heteroatoms. The van der Waals surface area contributed by atoms with E-state index in [1.165, 1.54) is 0 Å². The number of nitrogens with zero attached hydrogens (tertiary/aromatic N) is 2. The van der Waals surface area contributed by atoms with Gasteiger partial charge in [-0.3, -0.25) is 15.0 Å². The van der Waals surface area contributed by atoms with E-state index < -0.39 is 0 Å². The molecule has 20 heavy (non-hydrogen) atoms. The predicted molar refractivity (Wildman–Crippen MR) is 82.1 cm³/mol. The smallest absolute Gasteiger partial charge is 0.274 e. The maximum Gasteiger partial charge on any atom is 0.274 e. The van der Waals surface area contributed by atoms with Gasteiger partial charge in [0.15, 0.2) is 0 Å². The average molecular weight is 300 g/mol. The van der Waals surface area contributed by atoms with Gasteiger partial charge in [-0.2, -0.15) is 0 Å². The molecule has 112 valence electrons. The van der Waals surface area contributed by atoms with Crippen LogP contribution in [0.3, 0.4) is 0 Å². The van der Waals surface area contributed by atoms with E-state index in [1.807, 2.05) is 19.1 Å². The van der Waals surface area contributed by atoms with Crippen molar-refractivity contribution >= 4 is 18.1 Å². The number of para-hydroxylation sites is 1. The zero-order chi connectivity index (χ0) is 14.0. The topological polar surface area (TPSA) is 72.4 Å². The number of nitro benzene ring substituents is 1. The highest BCUT2D eigenvalue weighted by Gasteiger charge is 2.36. The van der Waals surface area contributed by atoms with Crippen molar-refractivity contribution in [1.82, 2.24) is 4.90 Å². The van der Waals surface area contributed by atoms with Gasteiger partial charge in [0, 0.05) is 24.2 Å². The molecule has 2 rings (SSSR count). The summed E-state index contributed by atoms with van der Waals surface area (Å²) in [6, 6.07) is 7.04. The summed E-state index contributed by atoms with van der Waals surface area (Å²) in [6.07, 6.45) is 1.05. The SMILES string of the molecule is CC(c1ccccc1[N+](=O)[O-])N1CCC(C)(CN)C1.Cl. The second-order valence-electron chi connectivity index (χ2n) is 5.73. The zero-order valence-electron chi connectivity index (χ0n) is 11.9. The summed E-state index contributed by atoms with van der Waals surface area (Å²) in [5.74, 6) is 0. The number of likely N-dealkylation sites (tertiary alicyclic amines) is 1. The summed E-state index contributed by atoms with van der Waals surface area (Å²) < 4.78 is 0. The van der Waals surface area contributed by atoms with Crippen molar-refractivity contribution in [3.05, 3.63) is 39.9 Å². The molecule has 1 aliphatic heterocycles. The highest BCUT2D eigenvalue weighted by Crippen LogP contribution is 2.36. The lowest BCUT2D eigenvalue weighted by Gasteiger charge is -2.27. The molecule has 1 heterocycles. The van der Waals surface area contributed by atoms with E-state index in [9.17, 15) is 10.1 Å². The van der Waals surface area contributed by atoms with E-state index >= 15 is 0 Å². The minimum absolute atomic E-state index is 0. The van der Waals surface area contributed by atoms with Gasteiger partial charge < -0.3 is 5.73 Å². The third kappa shape index (κ3) is 3.29. The first-order valence-electron chi connectivity index (χ1n) is 6.64. The second-order valence-corrected chi connectivity index (χ2v) is 5.73. The number of nitrogens with two attached hydrogens (primary N) is 1. The number of hydrogen-bond acceptors (Lipinski definition) is 4. The minimum atomic E-state index is -0.302. The van der Waals surface area contributed by atoms with Crippen molar-refractivity contribution < 1.29 is 4.92 Å². The predicted octanol–water partition coefficient (Wildman–Crippen LogP) is 2.75. The fraction of sp³-hybridized carbons (Fsp3) is 0.571. The molecule has 5 nitrogen and oxygen atoms in total. The lowest BCUT2D eigenvalue weighted by Crippen LogP contribution is -2.32. The average Bonchev–Trinajstić information content (AvgIpc) is 2.81. The zero-order valence-corrected chi connectivity index (χ0v) is 12.7. The molecule has 1 aliphatic rings. The van der Waals surface area contributed by atoms with Gasteiger partial charge in [0.25, 0.3) is 5.69 Å². The first-order valence-corrected chi connectivity index (χ1v) is 6.64. The molecule has 0 bridgehead atoms. The van der Waals surface area contributed by atoms with Crippen molar-refractivity contribution in [3.63, 3.8) is 0 Å². The molecule has 1 saturated heterocycles. The largest absolute Gasteiger partial charge is 0.330 e. The van der Waals surface area contributed by atoms with E-state index in [4.69, 9.17) is 5.73 Å². The lowest BCUT2D eigenvalue weighted by molar-refractivity contribution is -0.386. The van der Waals surface area contributed by atoms with Gasteiger partial charge in [0.1, 0.15) is 0 Å². The highest BCUT2D eigenvalue weighted by atomic mass is 35.5. The normalized spacial score (nSPS) is 24.1. The monoisotopic (exact) mass is 299 g/mol. The molecule has 2 unspecified atom stereocenters. The van der Waals surface area contributed by atoms with Gasteiger partial charge in [-0.25, -0.2) is 0 Å². The number of hydrogen-bond donors (Lipinski definition) is 1. The molecule has 0 radical (unpaired) electrons. The molecule has 0 amide bonds. The minimum Gasteiger partial charge on any atom is -0.330 e. The molecule has 0 aliphatic carbocycles. The van der Waals surface area contributed by atoms with Crippen LogP contribution in [0.5, 0.6) is 0 Å². The quantitative estimate of drug-likeness (QED) is 0.685. The number of nitro groups is 1. The van der Waals surface area contributed by atoms with E-state index in [-0.39, 0.29) is 34.5 Å². The van der Waals surface area contributed by atoms with Gasteiger partial charge >= 0.3 is 0 Å². The maximum absolute atomic E-state index is 11.1. The van der Waals surface area contributed by atoms with Crippen LogP contribution in [0.1, 0.15) is 31.9 Å². The standard InChI is InChI=1S/C14H21N3O2.ClH/c1-11(16-8-7-14(2,9-15)10-16)12-5-3-4-6-13(12)17(18)19;/h3-6,11H,7-10,15H2,1-2H3;1H. The molecule has 1 aromatic carbocycles. The van der Waals surface area contributed by atoms with Crippen LogP contribution < -0.4 is 5.73 Å². The Morgan fingerprint density at radius 3 is 2.70 bits per heavy atom. The summed E-state index contributed by atoms with van der Waals surface area (Å²) >= 11 is 0. The van der Waals surface area contributed by atoms with E-state index in [0.717, 1.165) is 25.1 Å². The second kappa shape index (κ2) is 6.52. The Balaban J connectivity index is 0.00000200. The van der Waals surface area contributed by atoms with Crippen molar-refractivity contribution in [3.8, 4) is 0 Å². The van der Waals surface area contributed by atoms with Gasteiger partial charge in [0.2, 0.25) is 0 Å². The summed E-state index contributed by atoms with van der Waals surface area (Å²) in [6.45, 7) is 6.72. The van der Waals surface area contributed by atoms with E-state index in [2.05, 4.69) is 11.8 Å². The molecule has 0 aromatic heterocycles. The van der Waals surface area contributed by atoms with Crippen molar-refractivity contribution in [1.29, 1.82) is 0 Å². The lowest BCUT2D eigenvalue weighted by atomic mass is 9.90. The van der Waals surface area contributed by atoms with Gasteiger partial charge in [-0.15, -0.1) is 12.4 Å². The summed E-state index contributed by atoms with van der Waals surface area (Å²) in [7, 11) is 0. The molecule has 0 saturated carbocycles. The Hall–Kier alpha value is -1.17. The molecule has 0 spiro atoms. The van der Waals surface area contributed by atoms with Crippen molar-refractivity contribution in [2.45, 2.75) is 26.3 Å². The Kier molecular flexibility index (Phi) is 5.50.